The fourth-order valence-electron chi connectivity index (χ4n) is 2.97. The molecule has 1 N–H and O–H groups in total. The van der Waals surface area contributed by atoms with Gasteiger partial charge in [0.1, 0.15) is 0 Å². The molecule has 2 unspecified atom stereocenters. The first kappa shape index (κ1) is 15.3. The Hall–Kier alpha value is -0.130. The van der Waals surface area contributed by atoms with Gasteiger partial charge in [-0.1, -0.05) is 13.8 Å². The number of rotatable bonds is 7. The average molecular weight is 288 g/mol. The van der Waals surface area contributed by atoms with E-state index in [-0.39, 0.29) is 0 Å². The maximum atomic E-state index is 12.3. The highest BCUT2D eigenvalue weighted by atomic mass is 32.2. The molecule has 1 aliphatic carbocycles. The largest absolute Gasteiger partial charge is 0.314 e. The van der Waals surface area contributed by atoms with Crippen molar-refractivity contribution in [3.8, 4) is 0 Å². The highest BCUT2D eigenvalue weighted by molar-refractivity contribution is 7.89. The second kappa shape index (κ2) is 6.55. The van der Waals surface area contributed by atoms with E-state index in [4.69, 9.17) is 0 Å². The van der Waals surface area contributed by atoms with Crippen LogP contribution in [0.1, 0.15) is 46.0 Å². The summed E-state index contributed by atoms with van der Waals surface area (Å²) in [4.78, 5) is 0. The van der Waals surface area contributed by atoms with Gasteiger partial charge in [-0.2, -0.15) is 0 Å². The Morgan fingerprint density at radius 2 is 1.74 bits per heavy atom. The van der Waals surface area contributed by atoms with E-state index in [0.717, 1.165) is 31.8 Å². The van der Waals surface area contributed by atoms with Crippen LogP contribution < -0.4 is 5.32 Å². The third-order valence-corrected chi connectivity index (χ3v) is 5.96. The number of nitrogens with one attached hydrogen (secondary N) is 1. The van der Waals surface area contributed by atoms with Crippen LogP contribution >= 0.6 is 0 Å². The summed E-state index contributed by atoms with van der Waals surface area (Å²) < 4.78 is 26.3. The first-order valence-corrected chi connectivity index (χ1v) is 9.29. The van der Waals surface area contributed by atoms with Gasteiger partial charge in [0.05, 0.1) is 5.75 Å². The number of hydrogen-bond donors (Lipinski definition) is 1. The minimum Gasteiger partial charge on any atom is -0.314 e. The van der Waals surface area contributed by atoms with Crippen molar-refractivity contribution in [1.82, 2.24) is 9.62 Å². The molecule has 2 fully saturated rings. The molecule has 0 aromatic rings. The fraction of sp³-hybridized carbons (Fsp3) is 1.00. The highest BCUT2D eigenvalue weighted by Crippen LogP contribution is 2.23. The molecule has 2 atom stereocenters. The van der Waals surface area contributed by atoms with E-state index in [1.807, 2.05) is 0 Å². The Morgan fingerprint density at radius 3 is 2.32 bits per heavy atom. The molecule has 0 bridgehead atoms. The second-order valence-electron chi connectivity index (χ2n) is 6.51. The van der Waals surface area contributed by atoms with Gasteiger partial charge in [-0.05, 0) is 50.5 Å². The van der Waals surface area contributed by atoms with Crippen molar-refractivity contribution in [3.63, 3.8) is 0 Å². The van der Waals surface area contributed by atoms with Crippen LogP contribution in [0.2, 0.25) is 0 Å². The minimum atomic E-state index is -3.03. The Labute approximate surface area is 118 Å². The molecular weight excluding hydrogens is 260 g/mol. The number of unbranched alkanes of at least 4 members (excludes halogenated alkanes) is 1. The first-order chi connectivity index (χ1) is 8.97. The van der Waals surface area contributed by atoms with Crippen LogP contribution in [-0.4, -0.2) is 44.2 Å². The van der Waals surface area contributed by atoms with Gasteiger partial charge in [-0.25, -0.2) is 12.7 Å². The Kier molecular flexibility index (Phi) is 5.26. The number of piperidine rings is 1. The van der Waals surface area contributed by atoms with E-state index in [1.54, 1.807) is 4.31 Å². The number of sulfonamides is 1. The van der Waals surface area contributed by atoms with E-state index in [9.17, 15) is 8.42 Å². The molecule has 19 heavy (non-hydrogen) atoms. The SMILES string of the molecule is CC1CC(C)CN(S(=O)(=O)CCCCNC2CC2)C1. The molecule has 1 saturated carbocycles. The lowest BCUT2D eigenvalue weighted by atomic mass is 9.94. The molecule has 2 rings (SSSR count). The lowest BCUT2D eigenvalue weighted by Gasteiger charge is -2.34. The van der Waals surface area contributed by atoms with Gasteiger partial charge in [-0.15, -0.1) is 0 Å². The monoisotopic (exact) mass is 288 g/mol. The zero-order valence-corrected chi connectivity index (χ0v) is 13.1. The molecular formula is C14H28N2O2S. The molecule has 2 aliphatic rings. The van der Waals surface area contributed by atoms with E-state index in [2.05, 4.69) is 19.2 Å². The zero-order valence-electron chi connectivity index (χ0n) is 12.3. The van der Waals surface area contributed by atoms with Crippen molar-refractivity contribution in [3.05, 3.63) is 0 Å². The van der Waals surface area contributed by atoms with E-state index in [0.29, 0.717) is 30.7 Å². The molecule has 0 aromatic heterocycles. The normalized spacial score (nSPS) is 29.6. The second-order valence-corrected chi connectivity index (χ2v) is 8.60. The predicted octanol–water partition coefficient (Wildman–Crippen LogP) is 1.83. The van der Waals surface area contributed by atoms with Crippen LogP contribution in [0.15, 0.2) is 0 Å². The van der Waals surface area contributed by atoms with Crippen molar-refractivity contribution >= 4 is 10.0 Å². The summed E-state index contributed by atoms with van der Waals surface area (Å²) in [7, 11) is -3.03. The van der Waals surface area contributed by atoms with Crippen molar-refractivity contribution in [1.29, 1.82) is 0 Å². The summed E-state index contributed by atoms with van der Waals surface area (Å²) in [5.74, 6) is 1.31. The molecule has 0 aromatic carbocycles. The van der Waals surface area contributed by atoms with Gasteiger partial charge in [0.15, 0.2) is 0 Å². The van der Waals surface area contributed by atoms with Gasteiger partial charge in [0.2, 0.25) is 10.0 Å². The third kappa shape index (κ3) is 5.04. The maximum Gasteiger partial charge on any atom is 0.214 e. The van der Waals surface area contributed by atoms with Crippen molar-refractivity contribution in [2.24, 2.45) is 11.8 Å². The van der Waals surface area contributed by atoms with Crippen LogP contribution in [0, 0.1) is 11.8 Å². The summed E-state index contributed by atoms with van der Waals surface area (Å²) >= 11 is 0. The summed E-state index contributed by atoms with van der Waals surface area (Å²) in [5.41, 5.74) is 0. The van der Waals surface area contributed by atoms with E-state index < -0.39 is 10.0 Å². The summed E-state index contributed by atoms with van der Waals surface area (Å²) in [6.07, 6.45) is 5.48. The standard InChI is InChI=1S/C14H28N2O2S/c1-12-9-13(2)11-16(10-12)19(17,18)8-4-3-7-15-14-5-6-14/h12-15H,3-11H2,1-2H3. The summed E-state index contributed by atoms with van der Waals surface area (Å²) in [6, 6.07) is 0.723. The van der Waals surface area contributed by atoms with Crippen molar-refractivity contribution in [2.45, 2.75) is 52.0 Å². The molecule has 0 amide bonds. The van der Waals surface area contributed by atoms with E-state index >= 15 is 0 Å². The first-order valence-electron chi connectivity index (χ1n) is 7.68. The number of hydrogen-bond acceptors (Lipinski definition) is 3. The van der Waals surface area contributed by atoms with Gasteiger partial charge < -0.3 is 5.32 Å². The van der Waals surface area contributed by atoms with Crippen LogP contribution in [0.25, 0.3) is 0 Å². The maximum absolute atomic E-state index is 12.3. The third-order valence-electron chi connectivity index (χ3n) is 4.07. The summed E-state index contributed by atoms with van der Waals surface area (Å²) in [6.45, 7) is 6.70. The van der Waals surface area contributed by atoms with E-state index in [1.165, 1.54) is 12.8 Å². The van der Waals surface area contributed by atoms with Crippen molar-refractivity contribution < 1.29 is 8.42 Å². The summed E-state index contributed by atoms with van der Waals surface area (Å²) in [5, 5.41) is 3.43. The smallest absolute Gasteiger partial charge is 0.214 e. The fourth-order valence-corrected chi connectivity index (χ4v) is 4.76. The topological polar surface area (TPSA) is 49.4 Å². The molecule has 4 nitrogen and oxygen atoms in total. The Morgan fingerprint density at radius 1 is 1.11 bits per heavy atom. The molecule has 0 spiro atoms. The molecule has 1 aliphatic heterocycles. The molecule has 0 radical (unpaired) electrons. The van der Waals surface area contributed by atoms with Gasteiger partial charge in [-0.3, -0.25) is 0 Å². The van der Waals surface area contributed by atoms with Crippen LogP contribution in [0.3, 0.4) is 0 Å². The quantitative estimate of drug-likeness (QED) is 0.727. The van der Waals surface area contributed by atoms with Crippen LogP contribution in [0.4, 0.5) is 0 Å². The van der Waals surface area contributed by atoms with Crippen LogP contribution in [-0.2, 0) is 10.0 Å². The minimum absolute atomic E-state index is 0.318. The molecule has 1 saturated heterocycles. The predicted molar refractivity (Wildman–Crippen MR) is 78.6 cm³/mol. The van der Waals surface area contributed by atoms with Gasteiger partial charge in [0, 0.05) is 19.1 Å². The average Bonchev–Trinajstić information content (AvgIpc) is 3.11. The lowest BCUT2D eigenvalue weighted by Crippen LogP contribution is -2.43. The molecule has 5 heteroatoms. The lowest BCUT2D eigenvalue weighted by molar-refractivity contribution is 0.222. The van der Waals surface area contributed by atoms with Crippen LogP contribution in [0.5, 0.6) is 0 Å². The number of nitrogens with zero attached hydrogens (tertiary/aromatic N) is 1. The van der Waals surface area contributed by atoms with Gasteiger partial charge in [0.25, 0.3) is 0 Å². The van der Waals surface area contributed by atoms with Crippen molar-refractivity contribution in [2.75, 3.05) is 25.4 Å². The zero-order chi connectivity index (χ0) is 13.9. The molecule has 1 heterocycles. The Bertz CT molecular complexity index is 369. The van der Waals surface area contributed by atoms with Gasteiger partial charge >= 0.3 is 0 Å². The molecule has 112 valence electrons. The Balaban J connectivity index is 1.70. The highest BCUT2D eigenvalue weighted by Gasteiger charge is 2.29.